The first kappa shape index (κ1) is 14.3. The van der Waals surface area contributed by atoms with Gasteiger partial charge in [-0.15, -0.1) is 0 Å². The van der Waals surface area contributed by atoms with Crippen LogP contribution in [0.3, 0.4) is 0 Å². The number of rotatable bonds is 4. The van der Waals surface area contributed by atoms with Gasteiger partial charge in [-0.25, -0.2) is 4.98 Å². The SMILES string of the molecule is N=C(N)c1cc2c(nc1N1CCN(CCO)CC1)CCC2. The van der Waals surface area contributed by atoms with Gasteiger partial charge in [0.2, 0.25) is 0 Å². The molecule has 0 saturated carbocycles. The molecule has 6 heteroatoms. The van der Waals surface area contributed by atoms with Crippen LogP contribution in [-0.4, -0.2) is 60.2 Å². The van der Waals surface area contributed by atoms with E-state index >= 15 is 0 Å². The molecule has 3 rings (SSSR count). The Hall–Kier alpha value is -1.66. The smallest absolute Gasteiger partial charge is 0.139 e. The number of aryl methyl sites for hydroxylation is 2. The Balaban J connectivity index is 1.83. The van der Waals surface area contributed by atoms with Gasteiger partial charge in [-0.1, -0.05) is 0 Å². The highest BCUT2D eigenvalue weighted by Gasteiger charge is 2.24. The van der Waals surface area contributed by atoms with Gasteiger partial charge in [0.05, 0.1) is 12.2 Å². The van der Waals surface area contributed by atoms with Crippen molar-refractivity contribution in [3.63, 3.8) is 0 Å². The molecule has 6 nitrogen and oxygen atoms in total. The van der Waals surface area contributed by atoms with E-state index in [0.29, 0.717) is 0 Å². The highest BCUT2D eigenvalue weighted by atomic mass is 16.3. The highest BCUT2D eigenvalue weighted by Crippen LogP contribution is 2.27. The summed E-state index contributed by atoms with van der Waals surface area (Å²) in [6.07, 6.45) is 3.23. The van der Waals surface area contributed by atoms with E-state index in [0.717, 1.165) is 63.4 Å². The van der Waals surface area contributed by atoms with Crippen LogP contribution in [0.4, 0.5) is 5.82 Å². The van der Waals surface area contributed by atoms with Crippen molar-refractivity contribution in [1.29, 1.82) is 5.41 Å². The second-order valence-electron chi connectivity index (χ2n) is 5.78. The van der Waals surface area contributed by atoms with Gasteiger partial charge in [0.15, 0.2) is 0 Å². The molecule has 0 unspecified atom stereocenters. The van der Waals surface area contributed by atoms with Crippen molar-refractivity contribution < 1.29 is 5.11 Å². The molecule has 1 aliphatic heterocycles. The maximum atomic E-state index is 9.01. The molecule has 0 amide bonds. The Morgan fingerprint density at radius 3 is 2.71 bits per heavy atom. The van der Waals surface area contributed by atoms with Crippen LogP contribution in [0.15, 0.2) is 6.07 Å². The molecular formula is C15H23N5O. The molecule has 1 aromatic rings. The van der Waals surface area contributed by atoms with Crippen LogP contribution in [0.2, 0.25) is 0 Å². The summed E-state index contributed by atoms with van der Waals surface area (Å²) in [5.74, 6) is 0.969. The summed E-state index contributed by atoms with van der Waals surface area (Å²) >= 11 is 0. The molecule has 4 N–H and O–H groups in total. The number of nitrogens with two attached hydrogens (primary N) is 1. The quantitative estimate of drug-likeness (QED) is 0.535. The lowest BCUT2D eigenvalue weighted by atomic mass is 10.1. The van der Waals surface area contributed by atoms with Crippen LogP contribution in [0.25, 0.3) is 0 Å². The summed E-state index contributed by atoms with van der Waals surface area (Å²) in [5, 5.41) is 16.8. The Kier molecular flexibility index (Phi) is 4.07. The Labute approximate surface area is 125 Å². The lowest BCUT2D eigenvalue weighted by Crippen LogP contribution is -2.48. The summed E-state index contributed by atoms with van der Waals surface area (Å²) in [6, 6.07) is 2.06. The third-order valence-corrected chi connectivity index (χ3v) is 4.41. The molecule has 1 aliphatic carbocycles. The van der Waals surface area contributed by atoms with E-state index in [4.69, 9.17) is 21.2 Å². The first-order valence-corrected chi connectivity index (χ1v) is 7.64. The number of aliphatic hydroxyl groups is 1. The van der Waals surface area contributed by atoms with E-state index in [2.05, 4.69) is 15.9 Å². The zero-order valence-electron chi connectivity index (χ0n) is 12.3. The fourth-order valence-electron chi connectivity index (χ4n) is 3.23. The lowest BCUT2D eigenvalue weighted by molar-refractivity contribution is 0.188. The first-order chi connectivity index (χ1) is 10.2. The zero-order valence-corrected chi connectivity index (χ0v) is 12.3. The molecule has 0 spiro atoms. The molecular weight excluding hydrogens is 266 g/mol. The number of aliphatic hydroxyl groups excluding tert-OH is 1. The number of hydrogen-bond donors (Lipinski definition) is 3. The van der Waals surface area contributed by atoms with Crippen molar-refractivity contribution in [2.24, 2.45) is 5.73 Å². The van der Waals surface area contributed by atoms with Crippen molar-refractivity contribution in [3.8, 4) is 0 Å². The molecule has 0 aromatic carbocycles. The van der Waals surface area contributed by atoms with Crippen LogP contribution in [0, 0.1) is 5.41 Å². The largest absolute Gasteiger partial charge is 0.395 e. The Morgan fingerprint density at radius 2 is 2.05 bits per heavy atom. The maximum absolute atomic E-state index is 9.01. The fraction of sp³-hybridized carbons (Fsp3) is 0.600. The van der Waals surface area contributed by atoms with Crippen molar-refractivity contribution in [2.45, 2.75) is 19.3 Å². The van der Waals surface area contributed by atoms with Crippen molar-refractivity contribution in [3.05, 3.63) is 22.9 Å². The number of anilines is 1. The van der Waals surface area contributed by atoms with Crippen molar-refractivity contribution in [1.82, 2.24) is 9.88 Å². The molecule has 2 aliphatic rings. The van der Waals surface area contributed by atoms with E-state index in [1.165, 1.54) is 11.3 Å². The van der Waals surface area contributed by atoms with Crippen LogP contribution < -0.4 is 10.6 Å². The topological polar surface area (TPSA) is 89.5 Å². The molecule has 1 fully saturated rings. The first-order valence-electron chi connectivity index (χ1n) is 7.64. The number of amidine groups is 1. The van der Waals surface area contributed by atoms with Crippen LogP contribution in [0.1, 0.15) is 23.2 Å². The number of nitrogens with one attached hydrogen (secondary N) is 1. The fourth-order valence-corrected chi connectivity index (χ4v) is 3.23. The number of piperazine rings is 1. The molecule has 0 radical (unpaired) electrons. The number of aromatic nitrogens is 1. The molecule has 2 heterocycles. The third-order valence-electron chi connectivity index (χ3n) is 4.41. The maximum Gasteiger partial charge on any atom is 0.139 e. The predicted octanol–water partition coefficient (Wildman–Crippen LogP) is -0.0313. The zero-order chi connectivity index (χ0) is 14.8. The van der Waals surface area contributed by atoms with Gasteiger partial charge < -0.3 is 15.7 Å². The minimum absolute atomic E-state index is 0.102. The monoisotopic (exact) mass is 289 g/mol. The third kappa shape index (κ3) is 2.87. The molecule has 21 heavy (non-hydrogen) atoms. The summed E-state index contributed by atoms with van der Waals surface area (Å²) < 4.78 is 0. The number of nitrogens with zero attached hydrogens (tertiary/aromatic N) is 3. The van der Waals surface area contributed by atoms with Crippen LogP contribution in [-0.2, 0) is 12.8 Å². The van der Waals surface area contributed by atoms with Gasteiger partial charge in [0.1, 0.15) is 11.7 Å². The minimum atomic E-state index is 0.102. The molecule has 1 saturated heterocycles. The summed E-state index contributed by atoms with van der Waals surface area (Å²) in [4.78, 5) is 9.28. The Bertz CT molecular complexity index is 537. The number of hydrogen-bond acceptors (Lipinski definition) is 5. The van der Waals surface area contributed by atoms with E-state index < -0.39 is 0 Å². The van der Waals surface area contributed by atoms with E-state index in [1.807, 2.05) is 0 Å². The van der Waals surface area contributed by atoms with Crippen LogP contribution >= 0.6 is 0 Å². The van der Waals surface area contributed by atoms with Gasteiger partial charge in [-0.2, -0.15) is 0 Å². The molecule has 0 atom stereocenters. The van der Waals surface area contributed by atoms with E-state index in [1.54, 1.807) is 0 Å². The molecule has 0 bridgehead atoms. The number of pyridine rings is 1. The second-order valence-corrected chi connectivity index (χ2v) is 5.78. The standard InChI is InChI=1S/C15H23N5O/c16-14(17)12-10-11-2-1-3-13(11)18-15(12)20-6-4-19(5-7-20)8-9-21/h10,21H,1-9H2,(H3,16,17). The van der Waals surface area contributed by atoms with Gasteiger partial charge in [0, 0.05) is 38.4 Å². The number of β-amino-alcohol motifs (C(OH)–C–C–N with tert-alkyl or cyclic N) is 1. The minimum Gasteiger partial charge on any atom is -0.395 e. The van der Waals surface area contributed by atoms with Crippen molar-refractivity contribution >= 4 is 11.7 Å². The lowest BCUT2D eigenvalue weighted by Gasteiger charge is -2.36. The predicted molar refractivity (Wildman–Crippen MR) is 83.0 cm³/mol. The van der Waals surface area contributed by atoms with E-state index in [9.17, 15) is 0 Å². The summed E-state index contributed by atoms with van der Waals surface area (Å²) in [5.41, 5.74) is 8.96. The van der Waals surface area contributed by atoms with Gasteiger partial charge in [-0.05, 0) is 30.9 Å². The molecule has 114 valence electrons. The van der Waals surface area contributed by atoms with Gasteiger partial charge >= 0.3 is 0 Å². The summed E-state index contributed by atoms with van der Waals surface area (Å²) in [7, 11) is 0. The van der Waals surface area contributed by atoms with Crippen LogP contribution in [0.5, 0.6) is 0 Å². The average Bonchev–Trinajstić information content (AvgIpc) is 2.94. The second kappa shape index (κ2) is 5.99. The normalized spacial score (nSPS) is 18.8. The molecule has 1 aromatic heterocycles. The average molecular weight is 289 g/mol. The Morgan fingerprint density at radius 1 is 1.29 bits per heavy atom. The highest BCUT2D eigenvalue weighted by molar-refractivity contribution is 6.00. The van der Waals surface area contributed by atoms with E-state index in [-0.39, 0.29) is 12.4 Å². The number of nitrogen functional groups attached to an aromatic ring is 1. The number of fused-ring (bicyclic) bond motifs is 1. The van der Waals surface area contributed by atoms with Crippen molar-refractivity contribution in [2.75, 3.05) is 44.2 Å². The van der Waals surface area contributed by atoms with Gasteiger partial charge in [-0.3, -0.25) is 10.3 Å². The summed E-state index contributed by atoms with van der Waals surface area (Å²) in [6.45, 7) is 4.49. The van der Waals surface area contributed by atoms with Gasteiger partial charge in [0.25, 0.3) is 0 Å².